The van der Waals surface area contributed by atoms with Crippen LogP contribution >= 0.6 is 0 Å². The molecule has 12 heteroatoms. The molecule has 2 aliphatic rings. The molecule has 0 saturated carbocycles. The molecule has 0 aromatic rings. The Kier molecular flexibility index (Phi) is 7.79. The third kappa shape index (κ3) is 6.57. The van der Waals surface area contributed by atoms with Crippen LogP contribution in [0.15, 0.2) is 0 Å². The summed E-state index contributed by atoms with van der Waals surface area (Å²) >= 11 is 0. The standard InChI is InChI=1S/C15H28N4O7S/c1-3-5-13(19(4-2)15(21)18-26-27(22,23)24)14(20)17-25-12-8-10-6-7-11(9-12)16-10/h10-13,16H,3-9H2,1-2H3,(H,17,20)(H,18,21)(H,22,23,24)/t10?,11?,12?,13-/m0/s1. The number of carbonyl (C=O) groups is 2. The Labute approximate surface area is 159 Å². The number of piperidine rings is 1. The predicted octanol–water partition coefficient (Wildman–Crippen LogP) is 0.252. The van der Waals surface area contributed by atoms with Crippen molar-refractivity contribution in [2.45, 2.75) is 76.6 Å². The fraction of sp³-hybridized carbons (Fsp3) is 0.867. The molecule has 2 fully saturated rings. The summed E-state index contributed by atoms with van der Waals surface area (Å²) in [7, 11) is -4.84. The lowest BCUT2D eigenvalue weighted by molar-refractivity contribution is -0.145. The highest BCUT2D eigenvalue weighted by molar-refractivity contribution is 7.80. The van der Waals surface area contributed by atoms with Crippen molar-refractivity contribution in [3.8, 4) is 0 Å². The van der Waals surface area contributed by atoms with Gasteiger partial charge in [0.1, 0.15) is 6.04 Å². The van der Waals surface area contributed by atoms with Gasteiger partial charge < -0.3 is 10.2 Å². The van der Waals surface area contributed by atoms with Gasteiger partial charge >= 0.3 is 16.4 Å². The van der Waals surface area contributed by atoms with Crippen LogP contribution < -0.4 is 16.3 Å². The summed E-state index contributed by atoms with van der Waals surface area (Å²) in [5.74, 6) is -0.494. The van der Waals surface area contributed by atoms with Crippen molar-refractivity contribution in [3.05, 3.63) is 0 Å². The summed E-state index contributed by atoms with van der Waals surface area (Å²) in [6.07, 6.45) is 4.72. The van der Waals surface area contributed by atoms with Gasteiger partial charge in [-0.25, -0.2) is 10.3 Å². The van der Waals surface area contributed by atoms with E-state index in [-0.39, 0.29) is 12.6 Å². The molecule has 0 spiro atoms. The molecule has 0 aromatic heterocycles. The molecule has 27 heavy (non-hydrogen) atoms. The topological polar surface area (TPSA) is 146 Å². The first-order valence-electron chi connectivity index (χ1n) is 9.17. The van der Waals surface area contributed by atoms with E-state index in [4.69, 9.17) is 9.39 Å². The highest BCUT2D eigenvalue weighted by Crippen LogP contribution is 2.28. The van der Waals surface area contributed by atoms with Crippen molar-refractivity contribution >= 4 is 22.3 Å². The van der Waals surface area contributed by atoms with Crippen LogP contribution in [0.4, 0.5) is 4.79 Å². The van der Waals surface area contributed by atoms with Gasteiger partial charge in [0.2, 0.25) is 0 Å². The predicted molar refractivity (Wildman–Crippen MR) is 94.4 cm³/mol. The number of urea groups is 1. The molecule has 4 N–H and O–H groups in total. The first kappa shape index (κ1) is 21.8. The molecule has 0 radical (unpaired) electrons. The number of nitrogens with one attached hydrogen (secondary N) is 3. The SMILES string of the molecule is CCC[C@@H](C(=O)NOC1CC2CCC(C1)N2)N(CC)C(=O)NOS(=O)(=O)O. The molecule has 156 valence electrons. The second-order valence-electron chi connectivity index (χ2n) is 6.82. The van der Waals surface area contributed by atoms with Crippen LogP contribution in [0.5, 0.6) is 0 Å². The monoisotopic (exact) mass is 408 g/mol. The number of likely N-dealkylation sites (N-methyl/N-ethyl adjacent to an activating group) is 1. The van der Waals surface area contributed by atoms with Crippen LogP contribution in [0.1, 0.15) is 52.4 Å². The summed E-state index contributed by atoms with van der Waals surface area (Å²) in [6, 6.07) is -1.01. The summed E-state index contributed by atoms with van der Waals surface area (Å²) in [4.78, 5) is 31.4. The Morgan fingerprint density at radius 2 is 1.85 bits per heavy atom. The second-order valence-corrected chi connectivity index (χ2v) is 7.85. The van der Waals surface area contributed by atoms with Crippen LogP contribution in [0, 0.1) is 0 Å². The van der Waals surface area contributed by atoms with Crippen LogP contribution in [0.2, 0.25) is 0 Å². The van der Waals surface area contributed by atoms with Crippen molar-refractivity contribution in [2.24, 2.45) is 0 Å². The van der Waals surface area contributed by atoms with Crippen molar-refractivity contribution in [1.82, 2.24) is 21.2 Å². The molecule has 2 unspecified atom stereocenters. The van der Waals surface area contributed by atoms with Gasteiger partial charge in [0.05, 0.1) is 6.10 Å². The maximum Gasteiger partial charge on any atom is 0.418 e. The Balaban J connectivity index is 1.92. The van der Waals surface area contributed by atoms with Gasteiger partial charge in [0.25, 0.3) is 5.91 Å². The van der Waals surface area contributed by atoms with Crippen molar-refractivity contribution < 1.29 is 31.7 Å². The average molecular weight is 408 g/mol. The van der Waals surface area contributed by atoms with E-state index < -0.39 is 28.4 Å². The van der Waals surface area contributed by atoms with Crippen LogP contribution in [0.25, 0.3) is 0 Å². The smallest absolute Gasteiger partial charge is 0.311 e. The van der Waals surface area contributed by atoms with E-state index in [1.165, 1.54) is 0 Å². The lowest BCUT2D eigenvalue weighted by Gasteiger charge is -2.31. The van der Waals surface area contributed by atoms with Gasteiger partial charge in [-0.1, -0.05) is 13.3 Å². The molecule has 2 heterocycles. The van der Waals surface area contributed by atoms with E-state index in [0.717, 1.165) is 30.6 Å². The van der Waals surface area contributed by atoms with Crippen molar-refractivity contribution in [1.29, 1.82) is 0 Å². The van der Waals surface area contributed by atoms with Gasteiger partial charge in [-0.3, -0.25) is 14.2 Å². The Morgan fingerprint density at radius 1 is 1.22 bits per heavy atom. The second kappa shape index (κ2) is 9.64. The van der Waals surface area contributed by atoms with E-state index in [2.05, 4.69) is 15.1 Å². The van der Waals surface area contributed by atoms with Gasteiger partial charge in [-0.15, -0.1) is 4.28 Å². The summed E-state index contributed by atoms with van der Waals surface area (Å²) in [6.45, 7) is 3.61. The van der Waals surface area contributed by atoms with Gasteiger partial charge in [0, 0.05) is 18.6 Å². The van der Waals surface area contributed by atoms with E-state index in [0.29, 0.717) is 24.9 Å². The number of hydroxylamine groups is 2. The van der Waals surface area contributed by atoms with E-state index in [9.17, 15) is 18.0 Å². The molecule has 0 aliphatic carbocycles. The van der Waals surface area contributed by atoms with Gasteiger partial charge in [-0.2, -0.15) is 13.9 Å². The third-order valence-corrected chi connectivity index (χ3v) is 5.13. The van der Waals surface area contributed by atoms with E-state index in [1.807, 2.05) is 6.92 Å². The molecule has 2 aliphatic heterocycles. The van der Waals surface area contributed by atoms with E-state index >= 15 is 0 Å². The molecule has 3 amide bonds. The van der Waals surface area contributed by atoms with Crippen LogP contribution in [-0.2, 0) is 24.3 Å². The number of hydrogen-bond acceptors (Lipinski definition) is 7. The third-order valence-electron chi connectivity index (χ3n) is 4.83. The summed E-state index contributed by atoms with van der Waals surface area (Å²) < 4.78 is 33.7. The number of fused-ring (bicyclic) bond motifs is 2. The maximum atomic E-state index is 12.6. The summed E-state index contributed by atoms with van der Waals surface area (Å²) in [5.41, 5.74) is 4.06. The number of nitrogens with zero attached hydrogens (tertiary/aromatic N) is 1. The number of hydrogen-bond donors (Lipinski definition) is 4. The fourth-order valence-electron chi connectivity index (χ4n) is 3.67. The molecular formula is C15H28N4O7S. The zero-order chi connectivity index (χ0) is 20.0. The lowest BCUT2D eigenvalue weighted by atomic mass is 10.0. The molecule has 2 bridgehead atoms. The highest BCUT2D eigenvalue weighted by atomic mass is 32.3. The molecule has 11 nitrogen and oxygen atoms in total. The first-order chi connectivity index (χ1) is 12.7. The number of rotatable bonds is 9. The van der Waals surface area contributed by atoms with Crippen LogP contribution in [0.3, 0.4) is 0 Å². The zero-order valence-electron chi connectivity index (χ0n) is 15.5. The quantitative estimate of drug-likeness (QED) is 0.314. The van der Waals surface area contributed by atoms with Crippen molar-refractivity contribution in [2.75, 3.05) is 6.54 Å². The van der Waals surface area contributed by atoms with Gasteiger partial charge in [-0.05, 0) is 39.0 Å². The Bertz CT molecular complexity index is 618. The normalized spacial score (nSPS) is 25.7. The van der Waals surface area contributed by atoms with Crippen molar-refractivity contribution in [3.63, 3.8) is 0 Å². The fourth-order valence-corrected chi connectivity index (χ4v) is 3.84. The molecule has 0 aromatic carbocycles. The Hall–Kier alpha value is -1.47. The molecule has 2 rings (SSSR count). The molecule has 2 saturated heterocycles. The molecule has 3 atom stereocenters. The number of carbonyl (C=O) groups excluding carboxylic acids is 2. The summed E-state index contributed by atoms with van der Waals surface area (Å²) in [5, 5.41) is 3.48. The lowest BCUT2D eigenvalue weighted by Crippen LogP contribution is -2.53. The largest absolute Gasteiger partial charge is 0.418 e. The molecular weight excluding hydrogens is 380 g/mol. The van der Waals surface area contributed by atoms with Gasteiger partial charge in [0.15, 0.2) is 0 Å². The average Bonchev–Trinajstić information content (AvgIpc) is 2.95. The minimum atomic E-state index is -4.84. The zero-order valence-corrected chi connectivity index (χ0v) is 16.3. The van der Waals surface area contributed by atoms with Crippen LogP contribution in [-0.4, -0.2) is 60.6 Å². The maximum absolute atomic E-state index is 12.6. The first-order valence-corrected chi connectivity index (χ1v) is 10.5. The Morgan fingerprint density at radius 3 is 2.37 bits per heavy atom. The highest BCUT2D eigenvalue weighted by Gasteiger charge is 2.35. The van der Waals surface area contributed by atoms with E-state index in [1.54, 1.807) is 12.4 Å². The minimum Gasteiger partial charge on any atom is -0.311 e. The number of amides is 3. The minimum absolute atomic E-state index is 0.0817.